The van der Waals surface area contributed by atoms with Crippen LogP contribution in [-0.2, 0) is 6.42 Å². The molecule has 0 spiro atoms. The molecular weight excluding hydrogens is 455 g/mol. The smallest absolute Gasteiger partial charge is 0.167 e. The summed E-state index contributed by atoms with van der Waals surface area (Å²) in [6.45, 7) is 8.30. The Hall–Kier alpha value is -3.33. The Labute approximate surface area is 202 Å². The lowest BCUT2D eigenvalue weighted by molar-refractivity contribution is 0.301. The molecule has 0 atom stereocenters. The van der Waals surface area contributed by atoms with Gasteiger partial charge in [-0.1, -0.05) is 6.07 Å². The lowest BCUT2D eigenvalue weighted by atomic mass is 10.1. The fourth-order valence-electron chi connectivity index (χ4n) is 4.66. The fraction of sp³-hybridized carbons (Fsp3) is 0.385. The van der Waals surface area contributed by atoms with Crippen LogP contribution in [-0.4, -0.2) is 55.3 Å². The minimum Gasteiger partial charge on any atom is -0.489 e. The molecule has 0 unspecified atom stereocenters. The normalized spacial score (nSPS) is 15.8. The predicted molar refractivity (Wildman–Crippen MR) is 130 cm³/mol. The Bertz CT molecular complexity index is 1230. The molecule has 0 bridgehead atoms. The fourth-order valence-corrected chi connectivity index (χ4v) is 4.66. The quantitative estimate of drug-likeness (QED) is 0.588. The van der Waals surface area contributed by atoms with Gasteiger partial charge in [0.05, 0.1) is 24.1 Å². The molecule has 0 radical (unpaired) electrons. The molecule has 1 saturated heterocycles. The van der Waals surface area contributed by atoms with Crippen molar-refractivity contribution < 1.29 is 17.9 Å². The predicted octanol–water partition coefficient (Wildman–Crippen LogP) is 4.17. The number of rotatable bonds is 5. The van der Waals surface area contributed by atoms with Gasteiger partial charge in [0.2, 0.25) is 0 Å². The van der Waals surface area contributed by atoms with E-state index in [2.05, 4.69) is 20.2 Å². The van der Waals surface area contributed by atoms with Gasteiger partial charge in [-0.3, -0.25) is 0 Å². The number of ether oxygens (including phenoxy) is 1. The molecule has 2 aromatic carbocycles. The van der Waals surface area contributed by atoms with Crippen molar-refractivity contribution in [3.8, 4) is 17.0 Å². The number of fused-ring (bicyclic) bond motifs is 1. The van der Waals surface area contributed by atoms with E-state index in [9.17, 15) is 8.78 Å². The minimum absolute atomic E-state index is 0.0429. The number of aromatic nitrogens is 2. The molecule has 1 N–H and O–H groups in total. The lowest BCUT2D eigenvalue weighted by Gasteiger charge is -2.34. The molecular formula is C26H28F3N5O. The number of hydrogen-bond acceptors (Lipinski definition) is 6. The van der Waals surface area contributed by atoms with E-state index in [-0.39, 0.29) is 35.4 Å². The topological polar surface area (TPSA) is 53.5 Å². The summed E-state index contributed by atoms with van der Waals surface area (Å²) in [5.74, 6) is -0.947. The summed E-state index contributed by atoms with van der Waals surface area (Å²) in [5.41, 5.74) is 1.84. The number of nitrogens with one attached hydrogen (secondary N) is 1. The first-order chi connectivity index (χ1) is 16.9. The van der Waals surface area contributed by atoms with Crippen LogP contribution in [0.3, 0.4) is 0 Å². The molecule has 184 valence electrons. The van der Waals surface area contributed by atoms with Crippen molar-refractivity contribution in [2.45, 2.75) is 26.3 Å². The van der Waals surface area contributed by atoms with Crippen LogP contribution in [0.25, 0.3) is 11.3 Å². The molecule has 2 aliphatic rings. The van der Waals surface area contributed by atoms with Gasteiger partial charge in [0.25, 0.3) is 0 Å². The lowest BCUT2D eigenvalue weighted by Crippen LogP contribution is -2.43. The van der Waals surface area contributed by atoms with E-state index in [0.717, 1.165) is 32.4 Å². The monoisotopic (exact) mass is 483 g/mol. The molecule has 3 aromatic rings. The van der Waals surface area contributed by atoms with Crippen molar-refractivity contribution in [2.24, 2.45) is 0 Å². The number of nitrogens with zero attached hydrogens (tertiary/aromatic N) is 4. The summed E-state index contributed by atoms with van der Waals surface area (Å²) >= 11 is 0. The van der Waals surface area contributed by atoms with Crippen molar-refractivity contribution in [3.05, 3.63) is 65.4 Å². The Morgan fingerprint density at radius 2 is 1.77 bits per heavy atom. The molecule has 2 aliphatic heterocycles. The van der Waals surface area contributed by atoms with E-state index in [1.54, 1.807) is 12.1 Å². The third-order valence-electron chi connectivity index (χ3n) is 6.45. The maximum Gasteiger partial charge on any atom is 0.167 e. The van der Waals surface area contributed by atoms with Crippen LogP contribution in [0.4, 0.5) is 24.5 Å². The molecule has 9 heteroatoms. The van der Waals surface area contributed by atoms with Crippen LogP contribution in [0.1, 0.15) is 25.2 Å². The van der Waals surface area contributed by atoms with Crippen molar-refractivity contribution in [2.75, 3.05) is 49.1 Å². The van der Waals surface area contributed by atoms with Crippen LogP contribution in [0.2, 0.25) is 0 Å². The van der Waals surface area contributed by atoms with Gasteiger partial charge < -0.3 is 19.9 Å². The molecule has 1 fully saturated rings. The SMILES string of the molecule is CC(C)N1CCOc2cc(F)c(-c3nc(Cc4ccc(N5CCNCC5)c(F)c4)ncc3F)cc21. The Morgan fingerprint density at radius 3 is 2.51 bits per heavy atom. The van der Waals surface area contributed by atoms with Crippen molar-refractivity contribution in [3.63, 3.8) is 0 Å². The van der Waals surface area contributed by atoms with Gasteiger partial charge in [-0.15, -0.1) is 0 Å². The largest absolute Gasteiger partial charge is 0.489 e. The molecule has 1 aromatic heterocycles. The summed E-state index contributed by atoms with van der Waals surface area (Å²) < 4.78 is 50.3. The average Bonchev–Trinajstić information content (AvgIpc) is 2.85. The van der Waals surface area contributed by atoms with Gasteiger partial charge in [-0.05, 0) is 37.6 Å². The Kier molecular flexibility index (Phi) is 6.51. The van der Waals surface area contributed by atoms with E-state index in [4.69, 9.17) is 4.74 Å². The van der Waals surface area contributed by atoms with Crippen LogP contribution in [0.15, 0.2) is 36.5 Å². The third kappa shape index (κ3) is 4.77. The first-order valence-corrected chi connectivity index (χ1v) is 11.9. The van der Waals surface area contributed by atoms with Crippen molar-refractivity contribution in [1.82, 2.24) is 15.3 Å². The molecule has 0 amide bonds. The highest BCUT2D eigenvalue weighted by atomic mass is 19.1. The Morgan fingerprint density at radius 1 is 0.971 bits per heavy atom. The van der Waals surface area contributed by atoms with Crippen molar-refractivity contribution in [1.29, 1.82) is 0 Å². The van der Waals surface area contributed by atoms with E-state index in [1.165, 1.54) is 12.1 Å². The van der Waals surface area contributed by atoms with Crippen LogP contribution in [0.5, 0.6) is 5.75 Å². The number of piperazine rings is 1. The molecule has 5 rings (SSSR count). The zero-order valence-corrected chi connectivity index (χ0v) is 19.8. The van der Waals surface area contributed by atoms with Gasteiger partial charge in [-0.25, -0.2) is 23.1 Å². The summed E-state index contributed by atoms with van der Waals surface area (Å²) in [6, 6.07) is 8.07. The minimum atomic E-state index is -0.722. The van der Waals surface area contributed by atoms with E-state index < -0.39 is 11.6 Å². The molecule has 35 heavy (non-hydrogen) atoms. The first kappa shape index (κ1) is 23.4. The van der Waals surface area contributed by atoms with Gasteiger partial charge in [0.1, 0.15) is 35.5 Å². The second-order valence-electron chi connectivity index (χ2n) is 9.12. The summed E-state index contributed by atoms with van der Waals surface area (Å²) in [5, 5.41) is 3.25. The highest BCUT2D eigenvalue weighted by Crippen LogP contribution is 2.38. The third-order valence-corrected chi connectivity index (χ3v) is 6.45. The summed E-state index contributed by atoms with van der Waals surface area (Å²) in [4.78, 5) is 12.5. The maximum absolute atomic E-state index is 15.0. The van der Waals surface area contributed by atoms with E-state index >= 15 is 4.39 Å². The van der Waals surface area contributed by atoms with Gasteiger partial charge in [0.15, 0.2) is 5.82 Å². The summed E-state index contributed by atoms with van der Waals surface area (Å²) in [7, 11) is 0. The Balaban J connectivity index is 1.44. The second kappa shape index (κ2) is 9.73. The number of benzene rings is 2. The molecule has 0 saturated carbocycles. The average molecular weight is 484 g/mol. The highest BCUT2D eigenvalue weighted by molar-refractivity contribution is 5.72. The van der Waals surface area contributed by atoms with Gasteiger partial charge in [0, 0.05) is 50.3 Å². The van der Waals surface area contributed by atoms with E-state index in [1.807, 2.05) is 24.8 Å². The zero-order chi connectivity index (χ0) is 24.5. The maximum atomic E-state index is 15.0. The van der Waals surface area contributed by atoms with Gasteiger partial charge >= 0.3 is 0 Å². The number of anilines is 2. The molecule has 0 aliphatic carbocycles. The zero-order valence-electron chi connectivity index (χ0n) is 19.8. The second-order valence-corrected chi connectivity index (χ2v) is 9.12. The van der Waals surface area contributed by atoms with Crippen LogP contribution < -0.4 is 19.9 Å². The number of halogens is 3. The molecule has 6 nitrogen and oxygen atoms in total. The first-order valence-electron chi connectivity index (χ1n) is 11.9. The van der Waals surface area contributed by atoms with E-state index in [0.29, 0.717) is 35.8 Å². The van der Waals surface area contributed by atoms with Gasteiger partial charge in [-0.2, -0.15) is 0 Å². The molecule has 3 heterocycles. The summed E-state index contributed by atoms with van der Waals surface area (Å²) in [6.07, 6.45) is 1.23. The van der Waals surface area contributed by atoms with Crippen molar-refractivity contribution >= 4 is 11.4 Å². The standard InChI is InChI=1S/C26H28F3N5O/c1-16(2)34-9-10-35-24-14-19(27)18(13-23(24)34)26-21(29)15-31-25(32-26)12-17-3-4-22(20(28)11-17)33-7-5-30-6-8-33/h3-4,11,13-16,30H,5-10,12H2,1-2H3. The number of hydrogen-bond donors (Lipinski definition) is 1. The highest BCUT2D eigenvalue weighted by Gasteiger charge is 2.25. The van der Waals surface area contributed by atoms with Crippen LogP contribution in [0, 0.1) is 17.5 Å². The van der Waals surface area contributed by atoms with Crippen LogP contribution >= 0.6 is 0 Å².